The highest BCUT2D eigenvalue weighted by Crippen LogP contribution is 2.00. The SMILES string of the molecule is C.C.C.C.COCCOC(C)C(C)OC. The Kier molecular flexibility index (Phi) is 38.1. The fourth-order valence-electron chi connectivity index (χ4n) is 0.644. The van der Waals surface area contributed by atoms with Gasteiger partial charge in [-0.2, -0.15) is 0 Å². The summed E-state index contributed by atoms with van der Waals surface area (Å²) in [7, 11) is 3.34. The van der Waals surface area contributed by atoms with Crippen LogP contribution in [0.5, 0.6) is 0 Å². The van der Waals surface area contributed by atoms with Crippen molar-refractivity contribution in [2.45, 2.75) is 55.8 Å². The zero-order valence-electron chi connectivity index (χ0n) is 7.79. The minimum atomic E-state index is 0. The molecule has 0 aromatic carbocycles. The monoisotopic (exact) mass is 226 g/mol. The lowest BCUT2D eigenvalue weighted by Crippen LogP contribution is -2.26. The summed E-state index contributed by atoms with van der Waals surface area (Å²) in [5.74, 6) is 0. The summed E-state index contributed by atoms with van der Waals surface area (Å²) in [4.78, 5) is 0. The molecule has 0 radical (unpaired) electrons. The first-order chi connectivity index (χ1) is 5.22. The van der Waals surface area contributed by atoms with Gasteiger partial charge in [0.15, 0.2) is 0 Å². The molecule has 0 heterocycles. The number of hydrogen-bond acceptors (Lipinski definition) is 3. The van der Waals surface area contributed by atoms with Crippen molar-refractivity contribution in [3.63, 3.8) is 0 Å². The fraction of sp³-hybridized carbons (Fsp3) is 1.00. The Morgan fingerprint density at radius 3 is 1.60 bits per heavy atom. The van der Waals surface area contributed by atoms with Gasteiger partial charge in [0.25, 0.3) is 0 Å². The van der Waals surface area contributed by atoms with E-state index in [1.165, 1.54) is 0 Å². The minimum Gasteiger partial charge on any atom is -0.382 e. The Bertz CT molecular complexity index is 86.9. The molecule has 2 unspecified atom stereocenters. The quantitative estimate of drug-likeness (QED) is 0.647. The molecule has 0 aliphatic rings. The topological polar surface area (TPSA) is 27.7 Å². The second kappa shape index (κ2) is 19.5. The highest BCUT2D eigenvalue weighted by Gasteiger charge is 2.10. The molecular formula is C12H34O3. The molecule has 0 spiro atoms. The van der Waals surface area contributed by atoms with E-state index >= 15 is 0 Å². The van der Waals surface area contributed by atoms with Gasteiger partial charge in [-0.25, -0.2) is 0 Å². The summed E-state index contributed by atoms with van der Waals surface area (Å²) < 4.78 is 15.3. The van der Waals surface area contributed by atoms with Gasteiger partial charge in [-0.1, -0.05) is 29.7 Å². The third-order valence-corrected chi connectivity index (χ3v) is 1.70. The molecule has 0 aromatic rings. The van der Waals surface area contributed by atoms with E-state index in [1.54, 1.807) is 14.2 Å². The van der Waals surface area contributed by atoms with Crippen molar-refractivity contribution in [3.05, 3.63) is 0 Å². The zero-order chi connectivity index (χ0) is 8.69. The van der Waals surface area contributed by atoms with Gasteiger partial charge in [0.2, 0.25) is 0 Å². The van der Waals surface area contributed by atoms with Crippen LogP contribution in [0, 0.1) is 0 Å². The van der Waals surface area contributed by atoms with E-state index in [-0.39, 0.29) is 41.9 Å². The normalized spacial score (nSPS) is 12.0. The summed E-state index contributed by atoms with van der Waals surface area (Å²) >= 11 is 0. The van der Waals surface area contributed by atoms with Crippen molar-refractivity contribution in [2.24, 2.45) is 0 Å². The van der Waals surface area contributed by atoms with Crippen molar-refractivity contribution in [3.8, 4) is 0 Å². The molecule has 3 heteroatoms. The lowest BCUT2D eigenvalue weighted by Gasteiger charge is -2.18. The van der Waals surface area contributed by atoms with Gasteiger partial charge in [0.1, 0.15) is 0 Å². The Balaban J connectivity index is -0.0000000833. The summed E-state index contributed by atoms with van der Waals surface area (Å²) in [6.45, 7) is 5.24. The number of ether oxygens (including phenoxy) is 3. The van der Waals surface area contributed by atoms with Gasteiger partial charge in [-0.15, -0.1) is 0 Å². The Morgan fingerprint density at radius 2 is 1.27 bits per heavy atom. The molecular weight excluding hydrogens is 192 g/mol. The first-order valence-electron chi connectivity index (χ1n) is 3.85. The van der Waals surface area contributed by atoms with Crippen LogP contribution in [0.3, 0.4) is 0 Å². The average Bonchev–Trinajstić information content (AvgIpc) is 2.03. The van der Waals surface area contributed by atoms with Crippen LogP contribution in [0.25, 0.3) is 0 Å². The van der Waals surface area contributed by atoms with E-state index < -0.39 is 0 Å². The van der Waals surface area contributed by atoms with E-state index in [2.05, 4.69) is 0 Å². The maximum atomic E-state index is 5.39. The molecule has 0 rings (SSSR count). The zero-order valence-corrected chi connectivity index (χ0v) is 7.79. The average molecular weight is 226 g/mol. The molecule has 100 valence electrons. The summed E-state index contributed by atoms with van der Waals surface area (Å²) in [6.07, 6.45) is 0.280. The maximum Gasteiger partial charge on any atom is 0.0806 e. The van der Waals surface area contributed by atoms with Gasteiger partial charge < -0.3 is 14.2 Å². The molecule has 0 saturated heterocycles. The smallest absolute Gasteiger partial charge is 0.0806 e. The lowest BCUT2D eigenvalue weighted by atomic mass is 10.2. The lowest BCUT2D eigenvalue weighted by molar-refractivity contribution is -0.0509. The first-order valence-corrected chi connectivity index (χ1v) is 3.85. The molecule has 0 saturated carbocycles. The highest BCUT2D eigenvalue weighted by molar-refractivity contribution is 4.58. The predicted octanol–water partition coefficient (Wildman–Crippen LogP) is 3.62. The van der Waals surface area contributed by atoms with Crippen molar-refractivity contribution < 1.29 is 14.2 Å². The fourth-order valence-corrected chi connectivity index (χ4v) is 0.644. The van der Waals surface area contributed by atoms with Crippen LogP contribution in [0.15, 0.2) is 0 Å². The van der Waals surface area contributed by atoms with Crippen LogP contribution in [0.2, 0.25) is 0 Å². The highest BCUT2D eigenvalue weighted by atomic mass is 16.5. The molecule has 3 nitrogen and oxygen atoms in total. The second-order valence-electron chi connectivity index (χ2n) is 2.51. The Labute approximate surface area is 98.1 Å². The van der Waals surface area contributed by atoms with Crippen molar-refractivity contribution in [1.82, 2.24) is 0 Å². The van der Waals surface area contributed by atoms with Crippen molar-refractivity contribution in [2.75, 3.05) is 27.4 Å². The van der Waals surface area contributed by atoms with Crippen LogP contribution < -0.4 is 0 Å². The van der Waals surface area contributed by atoms with Crippen LogP contribution >= 0.6 is 0 Å². The third-order valence-electron chi connectivity index (χ3n) is 1.70. The molecule has 2 atom stereocenters. The molecule has 0 aliphatic heterocycles. The molecule has 0 bridgehead atoms. The van der Waals surface area contributed by atoms with Crippen LogP contribution in [0.1, 0.15) is 43.6 Å². The van der Waals surface area contributed by atoms with Gasteiger partial charge in [-0.05, 0) is 13.8 Å². The van der Waals surface area contributed by atoms with Crippen molar-refractivity contribution in [1.29, 1.82) is 0 Å². The van der Waals surface area contributed by atoms with Gasteiger partial charge in [-0.3, -0.25) is 0 Å². The largest absolute Gasteiger partial charge is 0.382 e. The third kappa shape index (κ3) is 16.5. The van der Waals surface area contributed by atoms with E-state index in [4.69, 9.17) is 14.2 Å². The summed E-state index contributed by atoms with van der Waals surface area (Å²) in [5, 5.41) is 0. The summed E-state index contributed by atoms with van der Waals surface area (Å²) in [6, 6.07) is 0. The second-order valence-corrected chi connectivity index (χ2v) is 2.51. The Hall–Kier alpha value is -0.120. The molecule has 15 heavy (non-hydrogen) atoms. The van der Waals surface area contributed by atoms with E-state index in [0.29, 0.717) is 13.2 Å². The molecule has 0 aromatic heterocycles. The minimum absolute atomic E-state index is 0. The molecule has 0 aliphatic carbocycles. The van der Waals surface area contributed by atoms with E-state index in [1.807, 2.05) is 13.8 Å². The number of rotatable bonds is 6. The van der Waals surface area contributed by atoms with Crippen LogP contribution in [-0.4, -0.2) is 39.6 Å². The number of methoxy groups -OCH3 is 2. The van der Waals surface area contributed by atoms with Gasteiger partial charge in [0.05, 0.1) is 25.4 Å². The van der Waals surface area contributed by atoms with E-state index in [0.717, 1.165) is 0 Å². The Morgan fingerprint density at radius 1 is 0.800 bits per heavy atom. The maximum absolute atomic E-state index is 5.39. The standard InChI is InChI=1S/C8H18O3.4CH4/c1-7(10-4)8(2)11-6-5-9-3;;;;/h7-8H,5-6H2,1-4H3;4*1H4. The molecule has 0 amide bonds. The van der Waals surface area contributed by atoms with Crippen LogP contribution in [0.4, 0.5) is 0 Å². The molecule has 0 fully saturated rings. The van der Waals surface area contributed by atoms with Crippen LogP contribution in [-0.2, 0) is 14.2 Å². The summed E-state index contributed by atoms with van der Waals surface area (Å²) in [5.41, 5.74) is 0. The molecule has 0 N–H and O–H groups in total. The van der Waals surface area contributed by atoms with Gasteiger partial charge >= 0.3 is 0 Å². The van der Waals surface area contributed by atoms with Gasteiger partial charge in [0, 0.05) is 14.2 Å². The first kappa shape index (κ1) is 29.4. The van der Waals surface area contributed by atoms with E-state index in [9.17, 15) is 0 Å². The number of hydrogen-bond donors (Lipinski definition) is 0. The predicted molar refractivity (Wildman–Crippen MR) is 70.7 cm³/mol. The van der Waals surface area contributed by atoms with Crippen molar-refractivity contribution >= 4 is 0 Å².